The van der Waals surface area contributed by atoms with Gasteiger partial charge in [-0.2, -0.15) is 0 Å². The fourth-order valence-corrected chi connectivity index (χ4v) is 4.46. The largest absolute Gasteiger partial charge is 0.485 e. The van der Waals surface area contributed by atoms with Crippen molar-refractivity contribution in [1.29, 1.82) is 0 Å². The zero-order valence-corrected chi connectivity index (χ0v) is 20.9. The van der Waals surface area contributed by atoms with Gasteiger partial charge in [0.05, 0.1) is 13.0 Å². The second kappa shape index (κ2) is 10.9. The summed E-state index contributed by atoms with van der Waals surface area (Å²) in [5, 5.41) is 12.8. The van der Waals surface area contributed by atoms with Crippen LogP contribution >= 0.6 is 0 Å². The number of aryl methyl sites for hydroxylation is 1. The Balaban J connectivity index is 1.61. The average Bonchev–Trinajstić information content (AvgIpc) is 2.86. The third-order valence-corrected chi connectivity index (χ3v) is 6.50. The second-order valence-electron chi connectivity index (χ2n) is 9.57. The number of methoxy groups -OCH3 is 1. The molecule has 2 N–H and O–H groups in total. The first-order chi connectivity index (χ1) is 16.8. The standard InChI is InChI=1S/C29H34N2O4/c1-18(2)31-17-24-15-23(7-9-25(24)22-11-12-30-28(16-22)34-4)26-10-8-21-6-5-20(14-27(21)35-26)13-19(3)29(32)33/h5-7,9,11-12,14-16,18-19,26,31H,8,10,13,17H2,1-4H3,(H,32,33)/t19?,26-/m0/s1. The molecule has 2 atom stereocenters. The van der Waals surface area contributed by atoms with E-state index in [-0.39, 0.29) is 6.10 Å². The summed E-state index contributed by atoms with van der Waals surface area (Å²) in [6.45, 7) is 6.76. The van der Waals surface area contributed by atoms with E-state index >= 15 is 0 Å². The van der Waals surface area contributed by atoms with E-state index in [2.05, 4.69) is 48.4 Å². The first kappa shape index (κ1) is 24.7. The minimum absolute atomic E-state index is 0.0477. The van der Waals surface area contributed by atoms with Crippen LogP contribution in [0, 0.1) is 5.92 Å². The van der Waals surface area contributed by atoms with Crippen molar-refractivity contribution in [3.8, 4) is 22.8 Å². The van der Waals surface area contributed by atoms with Gasteiger partial charge in [-0.25, -0.2) is 4.98 Å². The van der Waals surface area contributed by atoms with Crippen LogP contribution in [0.15, 0.2) is 54.7 Å². The van der Waals surface area contributed by atoms with Crippen LogP contribution in [0.2, 0.25) is 0 Å². The molecule has 0 saturated carbocycles. The molecule has 184 valence electrons. The van der Waals surface area contributed by atoms with Crippen LogP contribution in [0.5, 0.6) is 11.6 Å². The van der Waals surface area contributed by atoms with Crippen LogP contribution in [-0.2, 0) is 24.2 Å². The molecule has 35 heavy (non-hydrogen) atoms. The van der Waals surface area contributed by atoms with E-state index in [1.807, 2.05) is 24.3 Å². The molecule has 0 aliphatic carbocycles. The molecule has 4 rings (SSSR count). The average molecular weight is 475 g/mol. The molecule has 0 bridgehead atoms. The Morgan fingerprint density at radius 2 is 2.00 bits per heavy atom. The van der Waals surface area contributed by atoms with Gasteiger partial charge in [0.15, 0.2) is 0 Å². The minimum atomic E-state index is -0.782. The van der Waals surface area contributed by atoms with E-state index in [0.29, 0.717) is 18.3 Å². The first-order valence-corrected chi connectivity index (χ1v) is 12.2. The maximum atomic E-state index is 11.3. The lowest BCUT2D eigenvalue weighted by molar-refractivity contribution is -0.141. The van der Waals surface area contributed by atoms with E-state index in [9.17, 15) is 9.90 Å². The highest BCUT2D eigenvalue weighted by Crippen LogP contribution is 2.37. The lowest BCUT2D eigenvalue weighted by Crippen LogP contribution is -2.22. The summed E-state index contributed by atoms with van der Waals surface area (Å²) >= 11 is 0. The molecule has 2 heterocycles. The Labute approximate surface area is 207 Å². The summed E-state index contributed by atoms with van der Waals surface area (Å²) < 4.78 is 11.8. The summed E-state index contributed by atoms with van der Waals surface area (Å²) in [6, 6.07) is 17.0. The molecule has 0 radical (unpaired) electrons. The van der Waals surface area contributed by atoms with Gasteiger partial charge >= 0.3 is 5.97 Å². The molecule has 1 unspecified atom stereocenters. The van der Waals surface area contributed by atoms with Crippen molar-refractivity contribution in [2.24, 2.45) is 5.92 Å². The van der Waals surface area contributed by atoms with Crippen LogP contribution in [0.1, 0.15) is 55.5 Å². The summed E-state index contributed by atoms with van der Waals surface area (Å²) in [6.07, 6.45) is 4.04. The van der Waals surface area contributed by atoms with E-state index in [4.69, 9.17) is 9.47 Å². The van der Waals surface area contributed by atoms with Gasteiger partial charge in [0.25, 0.3) is 0 Å². The van der Waals surface area contributed by atoms with Crippen molar-refractivity contribution in [2.45, 2.75) is 58.7 Å². The fraction of sp³-hybridized carbons (Fsp3) is 0.379. The number of rotatable bonds is 9. The van der Waals surface area contributed by atoms with Crippen LogP contribution in [0.25, 0.3) is 11.1 Å². The number of fused-ring (bicyclic) bond motifs is 1. The molecular weight excluding hydrogens is 440 g/mol. The predicted octanol–water partition coefficient (Wildman–Crippen LogP) is 5.58. The SMILES string of the molecule is COc1cc(-c2ccc([C@@H]3CCc4ccc(CC(C)C(=O)O)cc4O3)cc2CNC(C)C)ccn1. The highest BCUT2D eigenvalue weighted by atomic mass is 16.5. The highest BCUT2D eigenvalue weighted by molar-refractivity contribution is 5.70. The van der Waals surface area contributed by atoms with Crippen LogP contribution < -0.4 is 14.8 Å². The Hall–Kier alpha value is -3.38. The number of carbonyl (C=O) groups is 1. The Morgan fingerprint density at radius 3 is 2.74 bits per heavy atom. The molecule has 6 heteroatoms. The second-order valence-corrected chi connectivity index (χ2v) is 9.57. The number of ether oxygens (including phenoxy) is 2. The van der Waals surface area contributed by atoms with E-state index in [0.717, 1.165) is 47.4 Å². The molecule has 1 aliphatic rings. The molecule has 2 aromatic carbocycles. The molecule has 0 amide bonds. The highest BCUT2D eigenvalue weighted by Gasteiger charge is 2.23. The number of aromatic nitrogens is 1. The Bertz CT molecular complexity index is 1190. The summed E-state index contributed by atoms with van der Waals surface area (Å²) in [5.74, 6) is 0.245. The minimum Gasteiger partial charge on any atom is -0.485 e. The van der Waals surface area contributed by atoms with Crippen molar-refractivity contribution in [1.82, 2.24) is 10.3 Å². The number of benzene rings is 2. The van der Waals surface area contributed by atoms with Crippen LogP contribution in [0.4, 0.5) is 0 Å². The summed E-state index contributed by atoms with van der Waals surface area (Å²) in [5.41, 5.74) is 6.71. The fourth-order valence-electron chi connectivity index (χ4n) is 4.46. The van der Waals surface area contributed by atoms with Gasteiger partial charge < -0.3 is 19.9 Å². The number of aliphatic carboxylic acids is 1. The molecule has 1 aliphatic heterocycles. The van der Waals surface area contributed by atoms with Gasteiger partial charge in [0.1, 0.15) is 11.9 Å². The number of hydrogen-bond donors (Lipinski definition) is 2. The third kappa shape index (κ3) is 6.01. The van der Waals surface area contributed by atoms with Gasteiger partial charge in [0.2, 0.25) is 5.88 Å². The van der Waals surface area contributed by atoms with Gasteiger partial charge in [-0.15, -0.1) is 0 Å². The molecular formula is C29H34N2O4. The number of nitrogens with one attached hydrogen (secondary N) is 1. The summed E-state index contributed by atoms with van der Waals surface area (Å²) in [7, 11) is 1.63. The monoisotopic (exact) mass is 474 g/mol. The maximum absolute atomic E-state index is 11.3. The lowest BCUT2D eigenvalue weighted by Gasteiger charge is -2.28. The number of carboxylic acids is 1. The number of pyridine rings is 1. The van der Waals surface area contributed by atoms with Gasteiger partial charge in [-0.05, 0) is 64.8 Å². The van der Waals surface area contributed by atoms with Crippen molar-refractivity contribution < 1.29 is 19.4 Å². The van der Waals surface area contributed by atoms with Crippen molar-refractivity contribution in [2.75, 3.05) is 7.11 Å². The van der Waals surface area contributed by atoms with Crippen LogP contribution in [0.3, 0.4) is 0 Å². The number of nitrogens with zero attached hydrogens (tertiary/aromatic N) is 1. The smallest absolute Gasteiger partial charge is 0.306 e. The predicted molar refractivity (Wildman–Crippen MR) is 137 cm³/mol. The maximum Gasteiger partial charge on any atom is 0.306 e. The van der Waals surface area contributed by atoms with Crippen molar-refractivity contribution >= 4 is 5.97 Å². The normalized spacial score (nSPS) is 15.9. The third-order valence-electron chi connectivity index (χ3n) is 6.50. The van der Waals surface area contributed by atoms with Crippen LogP contribution in [-0.4, -0.2) is 29.2 Å². The van der Waals surface area contributed by atoms with E-state index < -0.39 is 11.9 Å². The quantitative estimate of drug-likeness (QED) is 0.421. The van der Waals surface area contributed by atoms with Crippen molar-refractivity contribution in [3.63, 3.8) is 0 Å². The molecule has 1 aromatic heterocycles. The Morgan fingerprint density at radius 1 is 1.17 bits per heavy atom. The lowest BCUT2D eigenvalue weighted by atomic mass is 9.91. The molecule has 0 saturated heterocycles. The van der Waals surface area contributed by atoms with Gasteiger partial charge in [-0.3, -0.25) is 4.79 Å². The molecule has 0 fully saturated rings. The molecule has 3 aromatic rings. The van der Waals surface area contributed by atoms with E-state index in [1.54, 1.807) is 20.2 Å². The molecule has 6 nitrogen and oxygen atoms in total. The zero-order chi connectivity index (χ0) is 24.9. The van der Waals surface area contributed by atoms with Crippen molar-refractivity contribution in [3.05, 3.63) is 77.0 Å². The molecule has 0 spiro atoms. The number of hydrogen-bond acceptors (Lipinski definition) is 5. The summed E-state index contributed by atoms with van der Waals surface area (Å²) in [4.78, 5) is 15.5. The number of carboxylic acid groups (broad SMARTS) is 1. The topological polar surface area (TPSA) is 80.7 Å². The first-order valence-electron chi connectivity index (χ1n) is 12.2. The van der Waals surface area contributed by atoms with Gasteiger partial charge in [0, 0.05) is 24.8 Å². The Kier molecular flexibility index (Phi) is 7.71. The zero-order valence-electron chi connectivity index (χ0n) is 20.9. The van der Waals surface area contributed by atoms with Gasteiger partial charge in [-0.1, -0.05) is 51.1 Å². The van der Waals surface area contributed by atoms with E-state index in [1.165, 1.54) is 11.1 Å².